The monoisotopic (exact) mass is 245 g/mol. The predicted octanol–water partition coefficient (Wildman–Crippen LogP) is 4.22. The summed E-state index contributed by atoms with van der Waals surface area (Å²) < 4.78 is 0. The second kappa shape index (κ2) is 5.48. The van der Waals surface area contributed by atoms with E-state index in [0.29, 0.717) is 6.04 Å². The molecule has 0 unspecified atom stereocenters. The van der Waals surface area contributed by atoms with Crippen LogP contribution < -0.4 is 5.32 Å². The number of benzene rings is 1. The zero-order valence-electron chi connectivity index (χ0n) is 10.7. The van der Waals surface area contributed by atoms with Crippen molar-refractivity contribution in [3.8, 4) is 10.4 Å². The van der Waals surface area contributed by atoms with Gasteiger partial charge < -0.3 is 5.32 Å². The van der Waals surface area contributed by atoms with Crippen molar-refractivity contribution in [2.45, 2.75) is 33.4 Å². The van der Waals surface area contributed by atoms with Gasteiger partial charge in [0.25, 0.3) is 0 Å². The average Bonchev–Trinajstić information content (AvgIpc) is 2.80. The minimum atomic E-state index is 0.521. The van der Waals surface area contributed by atoms with Crippen LogP contribution in [0.5, 0.6) is 0 Å². The third-order valence-electron chi connectivity index (χ3n) is 2.75. The predicted molar refractivity (Wildman–Crippen MR) is 76.5 cm³/mol. The number of rotatable bonds is 4. The maximum atomic E-state index is 3.49. The first-order valence-electron chi connectivity index (χ1n) is 6.03. The summed E-state index contributed by atoms with van der Waals surface area (Å²) in [6.07, 6.45) is 0. The van der Waals surface area contributed by atoms with Crippen molar-refractivity contribution in [2.75, 3.05) is 0 Å². The Morgan fingerprint density at radius 3 is 2.71 bits per heavy atom. The fourth-order valence-electron chi connectivity index (χ4n) is 1.82. The summed E-state index contributed by atoms with van der Waals surface area (Å²) in [5, 5.41) is 5.62. The lowest BCUT2D eigenvalue weighted by molar-refractivity contribution is 0.589. The lowest BCUT2D eigenvalue weighted by Crippen LogP contribution is -2.22. The highest BCUT2D eigenvalue weighted by atomic mass is 32.1. The van der Waals surface area contributed by atoms with Crippen molar-refractivity contribution in [1.82, 2.24) is 5.32 Å². The molecule has 0 radical (unpaired) electrons. The van der Waals surface area contributed by atoms with Crippen molar-refractivity contribution in [3.05, 3.63) is 46.8 Å². The van der Waals surface area contributed by atoms with Gasteiger partial charge >= 0.3 is 0 Å². The van der Waals surface area contributed by atoms with E-state index < -0.39 is 0 Å². The first kappa shape index (κ1) is 12.3. The Labute approximate surface area is 108 Å². The van der Waals surface area contributed by atoms with Gasteiger partial charge in [-0.1, -0.05) is 43.7 Å². The topological polar surface area (TPSA) is 12.0 Å². The van der Waals surface area contributed by atoms with E-state index in [1.807, 2.05) is 0 Å². The Hall–Kier alpha value is -1.12. The van der Waals surface area contributed by atoms with Gasteiger partial charge in [0, 0.05) is 17.5 Å². The molecular formula is C15H19NS. The van der Waals surface area contributed by atoms with Crippen LogP contribution in [0, 0.1) is 6.92 Å². The van der Waals surface area contributed by atoms with Crippen LogP contribution in [0.2, 0.25) is 0 Å². The molecule has 2 heteroatoms. The second-order valence-electron chi connectivity index (χ2n) is 4.67. The SMILES string of the molecule is Cc1ccc(CNC(C)C)c(-c2cccs2)c1. The van der Waals surface area contributed by atoms with Crippen LogP contribution in [0.3, 0.4) is 0 Å². The van der Waals surface area contributed by atoms with E-state index in [4.69, 9.17) is 0 Å². The van der Waals surface area contributed by atoms with E-state index in [-0.39, 0.29) is 0 Å². The van der Waals surface area contributed by atoms with Crippen molar-refractivity contribution in [2.24, 2.45) is 0 Å². The normalized spacial score (nSPS) is 11.1. The highest BCUT2D eigenvalue weighted by molar-refractivity contribution is 7.13. The smallest absolute Gasteiger partial charge is 0.0346 e. The van der Waals surface area contributed by atoms with Gasteiger partial charge in [0.1, 0.15) is 0 Å². The first-order valence-corrected chi connectivity index (χ1v) is 6.91. The van der Waals surface area contributed by atoms with Crippen LogP contribution >= 0.6 is 11.3 Å². The molecule has 2 aromatic rings. The number of nitrogens with one attached hydrogen (secondary N) is 1. The van der Waals surface area contributed by atoms with Crippen LogP contribution in [-0.2, 0) is 6.54 Å². The van der Waals surface area contributed by atoms with Gasteiger partial charge in [0.15, 0.2) is 0 Å². The molecule has 0 aliphatic heterocycles. The van der Waals surface area contributed by atoms with Gasteiger partial charge in [-0.3, -0.25) is 0 Å². The van der Waals surface area contributed by atoms with Crippen LogP contribution in [-0.4, -0.2) is 6.04 Å². The van der Waals surface area contributed by atoms with Crippen LogP contribution in [0.1, 0.15) is 25.0 Å². The summed E-state index contributed by atoms with van der Waals surface area (Å²) in [5.74, 6) is 0. The molecule has 2 rings (SSSR count). The largest absolute Gasteiger partial charge is 0.310 e. The van der Waals surface area contributed by atoms with Gasteiger partial charge in [0.2, 0.25) is 0 Å². The molecule has 1 aromatic carbocycles. The Morgan fingerprint density at radius 1 is 1.24 bits per heavy atom. The molecule has 1 nitrogen and oxygen atoms in total. The van der Waals surface area contributed by atoms with Crippen LogP contribution in [0.4, 0.5) is 0 Å². The first-order chi connectivity index (χ1) is 8.16. The molecule has 0 bridgehead atoms. The van der Waals surface area contributed by atoms with Gasteiger partial charge in [-0.15, -0.1) is 11.3 Å². The number of hydrogen-bond acceptors (Lipinski definition) is 2. The molecule has 0 aliphatic rings. The van der Waals surface area contributed by atoms with Crippen LogP contribution in [0.15, 0.2) is 35.7 Å². The van der Waals surface area contributed by atoms with E-state index in [0.717, 1.165) is 6.54 Å². The molecular weight excluding hydrogens is 226 g/mol. The maximum Gasteiger partial charge on any atom is 0.0346 e. The van der Waals surface area contributed by atoms with Gasteiger partial charge in [0.05, 0.1) is 0 Å². The molecule has 0 amide bonds. The molecule has 0 atom stereocenters. The molecule has 0 aliphatic carbocycles. The summed E-state index contributed by atoms with van der Waals surface area (Å²) in [4.78, 5) is 1.36. The summed E-state index contributed by atoms with van der Waals surface area (Å²) in [5.41, 5.74) is 4.07. The summed E-state index contributed by atoms with van der Waals surface area (Å²) in [6, 6.07) is 11.5. The van der Waals surface area contributed by atoms with Crippen molar-refractivity contribution in [1.29, 1.82) is 0 Å². The third-order valence-corrected chi connectivity index (χ3v) is 3.66. The van der Waals surface area contributed by atoms with Gasteiger partial charge in [-0.05, 0) is 29.5 Å². The second-order valence-corrected chi connectivity index (χ2v) is 5.62. The van der Waals surface area contributed by atoms with E-state index in [2.05, 4.69) is 61.8 Å². The van der Waals surface area contributed by atoms with E-state index in [1.165, 1.54) is 21.6 Å². The van der Waals surface area contributed by atoms with Gasteiger partial charge in [-0.25, -0.2) is 0 Å². The van der Waals surface area contributed by atoms with Crippen molar-refractivity contribution >= 4 is 11.3 Å². The Kier molecular flexibility index (Phi) is 3.97. The minimum absolute atomic E-state index is 0.521. The molecule has 1 aromatic heterocycles. The Bertz CT molecular complexity index is 472. The quantitative estimate of drug-likeness (QED) is 0.850. The molecule has 0 spiro atoms. The highest BCUT2D eigenvalue weighted by Gasteiger charge is 2.06. The Balaban J connectivity index is 2.31. The lowest BCUT2D eigenvalue weighted by Gasteiger charge is -2.12. The minimum Gasteiger partial charge on any atom is -0.310 e. The molecule has 0 saturated heterocycles. The fraction of sp³-hybridized carbons (Fsp3) is 0.333. The number of aryl methyl sites for hydroxylation is 1. The number of thiophene rings is 1. The summed E-state index contributed by atoms with van der Waals surface area (Å²) >= 11 is 1.81. The average molecular weight is 245 g/mol. The van der Waals surface area contributed by atoms with Crippen molar-refractivity contribution in [3.63, 3.8) is 0 Å². The standard InChI is InChI=1S/C15H19NS/c1-11(2)16-10-13-7-6-12(3)9-14(13)15-5-4-8-17-15/h4-9,11,16H,10H2,1-3H3. The highest BCUT2D eigenvalue weighted by Crippen LogP contribution is 2.29. The summed E-state index contributed by atoms with van der Waals surface area (Å²) in [7, 11) is 0. The zero-order valence-corrected chi connectivity index (χ0v) is 11.5. The molecule has 1 N–H and O–H groups in total. The molecule has 0 saturated carbocycles. The zero-order chi connectivity index (χ0) is 12.3. The summed E-state index contributed by atoms with van der Waals surface area (Å²) in [6.45, 7) is 7.44. The maximum absolute atomic E-state index is 3.49. The van der Waals surface area contributed by atoms with E-state index in [1.54, 1.807) is 11.3 Å². The fourth-order valence-corrected chi connectivity index (χ4v) is 2.60. The van der Waals surface area contributed by atoms with Crippen LogP contribution in [0.25, 0.3) is 10.4 Å². The third kappa shape index (κ3) is 3.18. The van der Waals surface area contributed by atoms with Crippen molar-refractivity contribution < 1.29 is 0 Å². The number of hydrogen-bond donors (Lipinski definition) is 1. The van der Waals surface area contributed by atoms with Gasteiger partial charge in [-0.2, -0.15) is 0 Å². The lowest BCUT2D eigenvalue weighted by atomic mass is 10.0. The molecule has 1 heterocycles. The molecule has 17 heavy (non-hydrogen) atoms. The molecule has 90 valence electrons. The Morgan fingerprint density at radius 2 is 2.06 bits per heavy atom. The van der Waals surface area contributed by atoms with E-state index >= 15 is 0 Å². The van der Waals surface area contributed by atoms with E-state index in [9.17, 15) is 0 Å². The molecule has 0 fully saturated rings.